The Kier molecular flexibility index (Phi) is 4.50. The van der Waals surface area contributed by atoms with E-state index in [0.29, 0.717) is 5.92 Å². The number of benzene rings is 1. The van der Waals surface area contributed by atoms with E-state index in [-0.39, 0.29) is 0 Å². The highest BCUT2D eigenvalue weighted by molar-refractivity contribution is 7.10. The van der Waals surface area contributed by atoms with Crippen LogP contribution in [-0.4, -0.2) is 18.6 Å². The molecule has 0 aliphatic carbocycles. The van der Waals surface area contributed by atoms with E-state index in [4.69, 9.17) is 4.98 Å². The van der Waals surface area contributed by atoms with E-state index < -0.39 is 0 Å². The van der Waals surface area contributed by atoms with Gasteiger partial charge in [-0.2, -0.15) is 0 Å². The zero-order valence-corrected chi connectivity index (χ0v) is 12.1. The third kappa shape index (κ3) is 2.98. The van der Waals surface area contributed by atoms with E-state index in [0.717, 1.165) is 18.7 Å². The van der Waals surface area contributed by atoms with Crippen LogP contribution in [0.1, 0.15) is 30.3 Å². The van der Waals surface area contributed by atoms with Gasteiger partial charge in [-0.25, -0.2) is 4.98 Å². The number of rotatable bonds is 5. The van der Waals surface area contributed by atoms with Crippen molar-refractivity contribution in [3.05, 3.63) is 40.2 Å². The Labute approximate surface area is 113 Å². The number of aromatic nitrogens is 1. The molecule has 2 rings (SSSR count). The summed E-state index contributed by atoms with van der Waals surface area (Å²) in [6.07, 6.45) is 1.09. The van der Waals surface area contributed by atoms with Crippen LogP contribution in [0.2, 0.25) is 0 Å². The molecule has 0 aliphatic heterocycles. The molecule has 0 bridgehead atoms. The van der Waals surface area contributed by atoms with Crippen LogP contribution in [0.15, 0.2) is 29.6 Å². The predicted octanol–water partition coefficient (Wildman–Crippen LogP) is 3.70. The summed E-state index contributed by atoms with van der Waals surface area (Å²) in [4.78, 5) is 4.73. The summed E-state index contributed by atoms with van der Waals surface area (Å²) >= 11 is 1.75. The molecule has 2 nitrogen and oxygen atoms in total. The summed E-state index contributed by atoms with van der Waals surface area (Å²) in [6, 6.07) is 8.71. The molecule has 0 aliphatic rings. The fourth-order valence-electron chi connectivity index (χ4n) is 1.95. The Bertz CT molecular complexity index is 487. The minimum absolute atomic E-state index is 0.476. The molecule has 0 amide bonds. The minimum atomic E-state index is 0.476. The predicted molar refractivity (Wildman–Crippen MR) is 79.3 cm³/mol. The van der Waals surface area contributed by atoms with Crippen molar-refractivity contribution in [3.63, 3.8) is 0 Å². The van der Waals surface area contributed by atoms with Gasteiger partial charge in [0.05, 0.1) is 10.7 Å². The Balaban J connectivity index is 2.18. The highest BCUT2D eigenvalue weighted by Gasteiger charge is 2.10. The molecular formula is C15H20N2S. The number of nitrogens with one attached hydrogen (secondary N) is 1. The molecule has 0 radical (unpaired) electrons. The summed E-state index contributed by atoms with van der Waals surface area (Å²) in [7, 11) is 1.98. The Hall–Kier alpha value is -1.19. The van der Waals surface area contributed by atoms with Gasteiger partial charge in [-0.1, -0.05) is 38.1 Å². The lowest BCUT2D eigenvalue weighted by molar-refractivity contribution is 0.674. The van der Waals surface area contributed by atoms with Crippen LogP contribution in [-0.2, 0) is 6.42 Å². The van der Waals surface area contributed by atoms with Crippen LogP contribution in [0.5, 0.6) is 0 Å². The van der Waals surface area contributed by atoms with Crippen molar-refractivity contribution < 1.29 is 0 Å². The Morgan fingerprint density at radius 3 is 2.61 bits per heavy atom. The fraction of sp³-hybridized carbons (Fsp3) is 0.400. The van der Waals surface area contributed by atoms with Crippen molar-refractivity contribution in [1.29, 1.82) is 0 Å². The van der Waals surface area contributed by atoms with Gasteiger partial charge in [-0.3, -0.25) is 0 Å². The minimum Gasteiger partial charge on any atom is -0.319 e. The highest BCUT2D eigenvalue weighted by Crippen LogP contribution is 2.26. The first kappa shape index (κ1) is 13.2. The average molecular weight is 260 g/mol. The molecule has 96 valence electrons. The highest BCUT2D eigenvalue weighted by atomic mass is 32.1. The lowest BCUT2D eigenvalue weighted by Crippen LogP contribution is -2.14. The molecule has 1 N–H and O–H groups in total. The second-order valence-corrected chi connectivity index (χ2v) is 5.47. The van der Waals surface area contributed by atoms with Gasteiger partial charge in [0.2, 0.25) is 0 Å². The van der Waals surface area contributed by atoms with Gasteiger partial charge >= 0.3 is 0 Å². The molecule has 0 fully saturated rings. The molecule has 2 aromatic rings. The van der Waals surface area contributed by atoms with Crippen molar-refractivity contribution in [3.8, 4) is 11.3 Å². The maximum absolute atomic E-state index is 4.73. The average Bonchev–Trinajstić information content (AvgIpc) is 2.89. The number of likely N-dealkylation sites (N-methyl/N-ethyl adjacent to an activating group) is 1. The molecule has 1 atom stereocenters. The first-order valence-electron chi connectivity index (χ1n) is 6.44. The van der Waals surface area contributed by atoms with E-state index in [9.17, 15) is 0 Å². The van der Waals surface area contributed by atoms with Gasteiger partial charge < -0.3 is 5.32 Å². The summed E-state index contributed by atoms with van der Waals surface area (Å²) in [6.45, 7) is 5.36. The maximum atomic E-state index is 4.73. The summed E-state index contributed by atoms with van der Waals surface area (Å²) in [5.74, 6) is 0.476. The summed E-state index contributed by atoms with van der Waals surface area (Å²) in [5, 5.41) is 6.56. The van der Waals surface area contributed by atoms with Crippen molar-refractivity contribution in [2.45, 2.75) is 26.2 Å². The van der Waals surface area contributed by atoms with Gasteiger partial charge in [0.25, 0.3) is 0 Å². The van der Waals surface area contributed by atoms with E-state index in [2.05, 4.69) is 48.8 Å². The number of thiazole rings is 1. The maximum Gasteiger partial charge on any atom is 0.0973 e. The van der Waals surface area contributed by atoms with Crippen LogP contribution in [0.25, 0.3) is 11.3 Å². The van der Waals surface area contributed by atoms with Crippen LogP contribution in [0, 0.1) is 0 Å². The molecular weight excluding hydrogens is 240 g/mol. The third-order valence-corrected chi connectivity index (χ3v) is 4.19. The van der Waals surface area contributed by atoms with Crippen LogP contribution < -0.4 is 5.32 Å². The first-order valence-corrected chi connectivity index (χ1v) is 7.32. The lowest BCUT2D eigenvalue weighted by Gasteiger charge is -2.06. The Morgan fingerprint density at radius 1 is 1.28 bits per heavy atom. The van der Waals surface area contributed by atoms with E-state index in [1.165, 1.54) is 16.1 Å². The normalized spacial score (nSPS) is 12.6. The second-order valence-electron chi connectivity index (χ2n) is 4.58. The zero-order valence-electron chi connectivity index (χ0n) is 11.2. The van der Waals surface area contributed by atoms with Gasteiger partial charge in [0.15, 0.2) is 0 Å². The molecule has 3 heteroatoms. The fourth-order valence-corrected chi connectivity index (χ4v) is 2.84. The molecule has 1 aromatic heterocycles. The molecule has 1 aromatic carbocycles. The van der Waals surface area contributed by atoms with Crippen LogP contribution in [0.3, 0.4) is 0 Å². The number of hydrogen-bond donors (Lipinski definition) is 1. The van der Waals surface area contributed by atoms with Crippen LogP contribution in [0.4, 0.5) is 0 Å². The molecule has 1 unspecified atom stereocenters. The topological polar surface area (TPSA) is 24.9 Å². The standard InChI is InChI=1S/C15H20N2S/c1-4-12-5-7-13(8-6-12)14-10-18-15(17-14)11(2)9-16-3/h5-8,10-11,16H,4,9H2,1-3H3. The Morgan fingerprint density at radius 2 is 2.00 bits per heavy atom. The van der Waals surface area contributed by atoms with Gasteiger partial charge in [0.1, 0.15) is 0 Å². The molecule has 18 heavy (non-hydrogen) atoms. The summed E-state index contributed by atoms with van der Waals surface area (Å²) < 4.78 is 0. The van der Waals surface area contributed by atoms with Gasteiger partial charge in [-0.05, 0) is 19.0 Å². The van der Waals surface area contributed by atoms with E-state index in [1.54, 1.807) is 11.3 Å². The van der Waals surface area contributed by atoms with Crippen LogP contribution >= 0.6 is 11.3 Å². The first-order chi connectivity index (χ1) is 8.74. The van der Waals surface area contributed by atoms with E-state index in [1.807, 2.05) is 7.05 Å². The van der Waals surface area contributed by atoms with Crippen molar-refractivity contribution in [2.75, 3.05) is 13.6 Å². The molecule has 1 heterocycles. The quantitative estimate of drug-likeness (QED) is 0.886. The largest absolute Gasteiger partial charge is 0.319 e. The molecule has 0 saturated heterocycles. The van der Waals surface area contributed by atoms with E-state index >= 15 is 0 Å². The molecule has 0 spiro atoms. The van der Waals surface area contributed by atoms with Crippen molar-refractivity contribution >= 4 is 11.3 Å². The monoisotopic (exact) mass is 260 g/mol. The van der Waals surface area contributed by atoms with Crippen molar-refractivity contribution in [1.82, 2.24) is 10.3 Å². The van der Waals surface area contributed by atoms with Crippen molar-refractivity contribution in [2.24, 2.45) is 0 Å². The summed E-state index contributed by atoms with van der Waals surface area (Å²) in [5.41, 5.74) is 3.68. The number of nitrogens with zero attached hydrogens (tertiary/aromatic N) is 1. The lowest BCUT2D eigenvalue weighted by atomic mass is 10.1. The van der Waals surface area contributed by atoms with Gasteiger partial charge in [-0.15, -0.1) is 11.3 Å². The second kappa shape index (κ2) is 6.12. The van der Waals surface area contributed by atoms with Gasteiger partial charge in [0, 0.05) is 23.4 Å². The molecule has 0 saturated carbocycles. The number of aryl methyl sites for hydroxylation is 1. The number of hydrogen-bond acceptors (Lipinski definition) is 3. The third-order valence-electron chi connectivity index (χ3n) is 3.11. The SMILES string of the molecule is CCc1ccc(-c2csc(C(C)CNC)n2)cc1. The zero-order chi connectivity index (χ0) is 13.0. The smallest absolute Gasteiger partial charge is 0.0973 e.